The van der Waals surface area contributed by atoms with Gasteiger partial charge in [-0.3, -0.25) is 4.90 Å². The Bertz CT molecular complexity index is 652. The third kappa shape index (κ3) is 2.81. The zero-order valence-electron chi connectivity index (χ0n) is 12.5. The van der Waals surface area contributed by atoms with Crippen molar-refractivity contribution in [3.05, 3.63) is 35.5 Å². The Morgan fingerprint density at radius 1 is 1.19 bits per heavy atom. The number of aromatic nitrogens is 1. The molecule has 0 amide bonds. The lowest BCUT2D eigenvalue weighted by atomic mass is 10.1. The molecule has 1 aliphatic heterocycles. The predicted molar refractivity (Wildman–Crippen MR) is 83.6 cm³/mol. The summed E-state index contributed by atoms with van der Waals surface area (Å²) in [5, 5.41) is 10.2. The number of fused-ring (bicyclic) bond motifs is 1. The van der Waals surface area contributed by atoms with Crippen molar-refractivity contribution in [1.29, 1.82) is 0 Å². The summed E-state index contributed by atoms with van der Waals surface area (Å²) in [6.45, 7) is 3.20. The average molecular weight is 286 g/mol. The number of benzene rings is 1. The lowest BCUT2D eigenvalue weighted by Crippen LogP contribution is -2.25. The highest BCUT2D eigenvalue weighted by atomic mass is 16.4. The summed E-state index contributed by atoms with van der Waals surface area (Å²) >= 11 is 0. The predicted octanol–water partition coefficient (Wildman–Crippen LogP) is 3.25. The molecule has 0 aliphatic carbocycles. The molecule has 0 spiro atoms. The van der Waals surface area contributed by atoms with E-state index in [4.69, 9.17) is 0 Å². The van der Waals surface area contributed by atoms with Crippen molar-refractivity contribution in [2.24, 2.45) is 7.05 Å². The largest absolute Gasteiger partial charge is 0.478 e. The minimum atomic E-state index is -0.854. The Labute approximate surface area is 125 Å². The van der Waals surface area contributed by atoms with Crippen LogP contribution in [0.4, 0.5) is 0 Å². The van der Waals surface area contributed by atoms with Crippen LogP contribution in [0.5, 0.6) is 0 Å². The van der Waals surface area contributed by atoms with Crippen molar-refractivity contribution in [1.82, 2.24) is 9.47 Å². The number of carbonyl (C=O) groups is 1. The summed E-state index contributed by atoms with van der Waals surface area (Å²) in [7, 11) is 2.03. The van der Waals surface area contributed by atoms with Gasteiger partial charge in [-0.05, 0) is 44.1 Å². The van der Waals surface area contributed by atoms with Crippen LogP contribution in [0.25, 0.3) is 10.9 Å². The van der Waals surface area contributed by atoms with Gasteiger partial charge in [-0.2, -0.15) is 0 Å². The Morgan fingerprint density at radius 2 is 1.90 bits per heavy atom. The molecular formula is C17H22N2O2. The van der Waals surface area contributed by atoms with E-state index in [0.717, 1.165) is 30.5 Å². The van der Waals surface area contributed by atoms with Gasteiger partial charge >= 0.3 is 5.97 Å². The van der Waals surface area contributed by atoms with Crippen LogP contribution in [0.3, 0.4) is 0 Å². The third-order valence-electron chi connectivity index (χ3n) is 4.50. The van der Waals surface area contributed by atoms with Crippen molar-refractivity contribution >= 4 is 16.9 Å². The van der Waals surface area contributed by atoms with Crippen molar-refractivity contribution < 1.29 is 9.90 Å². The smallest absolute Gasteiger partial charge is 0.336 e. The highest BCUT2D eigenvalue weighted by molar-refractivity contribution is 6.03. The highest BCUT2D eigenvalue weighted by Gasteiger charge is 2.16. The lowest BCUT2D eigenvalue weighted by Gasteiger charge is -2.20. The van der Waals surface area contributed by atoms with Gasteiger partial charge in [0, 0.05) is 30.2 Å². The van der Waals surface area contributed by atoms with Crippen molar-refractivity contribution in [3.8, 4) is 0 Å². The van der Waals surface area contributed by atoms with Crippen LogP contribution in [0.2, 0.25) is 0 Å². The maximum atomic E-state index is 11.4. The van der Waals surface area contributed by atoms with E-state index in [1.165, 1.54) is 31.4 Å². The maximum absolute atomic E-state index is 11.4. The first-order valence-electron chi connectivity index (χ1n) is 7.70. The first-order valence-corrected chi connectivity index (χ1v) is 7.70. The molecule has 0 unspecified atom stereocenters. The molecule has 1 N–H and O–H groups in total. The maximum Gasteiger partial charge on any atom is 0.336 e. The Morgan fingerprint density at radius 3 is 2.57 bits per heavy atom. The summed E-state index contributed by atoms with van der Waals surface area (Å²) in [5.41, 5.74) is 2.59. The molecule has 1 fully saturated rings. The van der Waals surface area contributed by atoms with Gasteiger partial charge < -0.3 is 9.67 Å². The van der Waals surface area contributed by atoms with Gasteiger partial charge in [0.15, 0.2) is 0 Å². The van der Waals surface area contributed by atoms with E-state index >= 15 is 0 Å². The molecule has 112 valence electrons. The molecule has 1 aliphatic rings. The topological polar surface area (TPSA) is 45.5 Å². The van der Waals surface area contributed by atoms with E-state index in [9.17, 15) is 9.90 Å². The average Bonchev–Trinajstić information content (AvgIpc) is 2.66. The van der Waals surface area contributed by atoms with Crippen LogP contribution in [0.1, 0.15) is 41.7 Å². The monoisotopic (exact) mass is 286 g/mol. The van der Waals surface area contributed by atoms with E-state index < -0.39 is 5.97 Å². The van der Waals surface area contributed by atoms with E-state index in [1.807, 2.05) is 25.2 Å². The zero-order valence-corrected chi connectivity index (χ0v) is 12.5. The van der Waals surface area contributed by atoms with Crippen LogP contribution in [-0.4, -0.2) is 33.6 Å². The van der Waals surface area contributed by atoms with Crippen LogP contribution in [0, 0.1) is 0 Å². The molecule has 0 saturated carbocycles. The molecule has 1 saturated heterocycles. The highest BCUT2D eigenvalue weighted by Crippen LogP contribution is 2.24. The second-order valence-electron chi connectivity index (χ2n) is 5.93. The number of carboxylic acid groups (broad SMARTS) is 1. The van der Waals surface area contributed by atoms with Crippen molar-refractivity contribution in [2.75, 3.05) is 13.1 Å². The number of nitrogens with zero attached hydrogens (tertiary/aromatic N) is 2. The normalized spacial score (nSPS) is 17.0. The molecular weight excluding hydrogens is 264 g/mol. The summed E-state index contributed by atoms with van der Waals surface area (Å²) in [4.78, 5) is 13.8. The molecule has 2 heterocycles. The number of carboxylic acids is 1. The first-order chi connectivity index (χ1) is 10.2. The summed E-state index contributed by atoms with van der Waals surface area (Å²) in [6, 6.07) is 7.54. The molecule has 4 heteroatoms. The fraction of sp³-hybridized carbons (Fsp3) is 0.471. The second kappa shape index (κ2) is 5.90. The third-order valence-corrected chi connectivity index (χ3v) is 4.50. The van der Waals surface area contributed by atoms with Gasteiger partial charge in [0.25, 0.3) is 0 Å². The Hall–Kier alpha value is -1.81. The Kier molecular flexibility index (Phi) is 3.97. The molecule has 0 atom stereocenters. The van der Waals surface area contributed by atoms with E-state index in [0.29, 0.717) is 5.56 Å². The van der Waals surface area contributed by atoms with E-state index in [-0.39, 0.29) is 0 Å². The number of rotatable bonds is 3. The number of hydrogen-bond acceptors (Lipinski definition) is 2. The van der Waals surface area contributed by atoms with Crippen LogP contribution in [-0.2, 0) is 13.6 Å². The van der Waals surface area contributed by atoms with Crippen molar-refractivity contribution in [2.45, 2.75) is 32.2 Å². The van der Waals surface area contributed by atoms with Gasteiger partial charge in [0.1, 0.15) is 0 Å². The SMILES string of the molecule is Cn1c(CN2CCCCCC2)cc2c(C(=O)O)cccc21. The molecule has 1 aromatic heterocycles. The zero-order chi connectivity index (χ0) is 14.8. The van der Waals surface area contributed by atoms with Gasteiger partial charge in [0.05, 0.1) is 5.56 Å². The molecule has 2 aromatic rings. The first kappa shape index (κ1) is 14.1. The molecule has 4 nitrogen and oxygen atoms in total. The number of aryl methyl sites for hydroxylation is 1. The minimum Gasteiger partial charge on any atom is -0.478 e. The molecule has 0 bridgehead atoms. The second-order valence-corrected chi connectivity index (χ2v) is 5.93. The molecule has 1 aromatic carbocycles. The summed E-state index contributed by atoms with van der Waals surface area (Å²) < 4.78 is 2.13. The number of aromatic carboxylic acids is 1. The molecule has 21 heavy (non-hydrogen) atoms. The van der Waals surface area contributed by atoms with Gasteiger partial charge in [-0.15, -0.1) is 0 Å². The number of likely N-dealkylation sites (tertiary alicyclic amines) is 1. The van der Waals surface area contributed by atoms with Crippen LogP contribution >= 0.6 is 0 Å². The lowest BCUT2D eigenvalue weighted by molar-refractivity contribution is 0.0699. The van der Waals surface area contributed by atoms with Gasteiger partial charge in [-0.25, -0.2) is 4.79 Å². The van der Waals surface area contributed by atoms with E-state index in [2.05, 4.69) is 9.47 Å². The van der Waals surface area contributed by atoms with E-state index in [1.54, 1.807) is 6.07 Å². The fourth-order valence-corrected chi connectivity index (χ4v) is 3.28. The summed E-state index contributed by atoms with van der Waals surface area (Å²) in [6.07, 6.45) is 5.19. The minimum absolute atomic E-state index is 0.394. The van der Waals surface area contributed by atoms with Crippen molar-refractivity contribution in [3.63, 3.8) is 0 Å². The number of hydrogen-bond donors (Lipinski definition) is 1. The standard InChI is InChI=1S/C17H22N2O2/c1-18-13(12-19-9-4-2-3-5-10-19)11-15-14(17(20)21)7-6-8-16(15)18/h6-8,11H,2-5,9-10,12H2,1H3,(H,20,21). The summed E-state index contributed by atoms with van der Waals surface area (Å²) in [5.74, 6) is -0.854. The van der Waals surface area contributed by atoms with Gasteiger partial charge in [0.2, 0.25) is 0 Å². The fourth-order valence-electron chi connectivity index (χ4n) is 3.28. The Balaban J connectivity index is 1.93. The van der Waals surface area contributed by atoms with Gasteiger partial charge in [-0.1, -0.05) is 18.9 Å². The quantitative estimate of drug-likeness (QED) is 0.942. The van der Waals surface area contributed by atoms with Crippen LogP contribution < -0.4 is 0 Å². The molecule has 0 radical (unpaired) electrons. The van der Waals surface area contributed by atoms with Crippen LogP contribution in [0.15, 0.2) is 24.3 Å². The molecule has 3 rings (SSSR count).